The smallest absolute Gasteiger partial charge is 0.338 e. The normalized spacial score (nSPS) is 19.8. The van der Waals surface area contributed by atoms with Gasteiger partial charge in [0.1, 0.15) is 0 Å². The average molecular weight is 217 g/mol. The molecule has 0 aliphatic carbocycles. The number of carbonyl (C=O) groups excluding carboxylic acids is 2. The van der Waals surface area contributed by atoms with Crippen molar-refractivity contribution in [3.8, 4) is 0 Å². The summed E-state index contributed by atoms with van der Waals surface area (Å²) in [5.74, 6) is -1.62. The van der Waals surface area contributed by atoms with Crippen molar-refractivity contribution >= 4 is 11.9 Å². The first-order valence-electron chi connectivity index (χ1n) is 4.80. The molecule has 1 rings (SSSR count). The molecule has 1 heterocycles. The molecule has 0 saturated carbocycles. The van der Waals surface area contributed by atoms with E-state index in [0.29, 0.717) is 13.1 Å². The van der Waals surface area contributed by atoms with E-state index in [9.17, 15) is 19.8 Å². The number of ether oxygens (including phenoxy) is 1. The second-order valence-electron chi connectivity index (χ2n) is 3.45. The highest BCUT2D eigenvalue weighted by Crippen LogP contribution is 2.10. The fourth-order valence-electron chi connectivity index (χ4n) is 1.51. The predicted molar refractivity (Wildman–Crippen MR) is 49.8 cm³/mol. The first-order chi connectivity index (χ1) is 7.07. The summed E-state index contributed by atoms with van der Waals surface area (Å²) in [4.78, 5) is 23.8. The van der Waals surface area contributed by atoms with Gasteiger partial charge in [0.05, 0.1) is 7.11 Å². The second-order valence-corrected chi connectivity index (χ2v) is 3.45. The molecule has 0 aromatic rings. The number of amides is 1. The van der Waals surface area contributed by atoms with E-state index >= 15 is 0 Å². The lowest BCUT2D eigenvalue weighted by atomic mass is 10.2. The number of esters is 1. The minimum Gasteiger partial charge on any atom is -0.467 e. The molecule has 0 spiro atoms. The summed E-state index contributed by atoms with van der Waals surface area (Å²) in [6, 6.07) is 0. The Morgan fingerprint density at radius 3 is 2.20 bits per heavy atom. The van der Waals surface area contributed by atoms with Crippen LogP contribution in [0.15, 0.2) is 0 Å². The minimum absolute atomic E-state index is 0.559. The number of carbonyl (C=O) groups is 2. The number of nitrogens with zero attached hydrogens (tertiary/aromatic N) is 1. The summed E-state index contributed by atoms with van der Waals surface area (Å²) in [5, 5.41) is 18.7. The molecular formula is C9H15NO5. The molecule has 0 aromatic heterocycles. The zero-order chi connectivity index (χ0) is 11.4. The third-order valence-electron chi connectivity index (χ3n) is 2.41. The van der Waals surface area contributed by atoms with Gasteiger partial charge in [0, 0.05) is 13.1 Å². The Morgan fingerprint density at radius 2 is 1.73 bits per heavy atom. The summed E-state index contributed by atoms with van der Waals surface area (Å²) in [7, 11) is 1.08. The minimum atomic E-state index is -1.80. The number of hydrogen-bond donors (Lipinski definition) is 2. The van der Waals surface area contributed by atoms with Gasteiger partial charge in [0.2, 0.25) is 0 Å². The molecule has 1 saturated heterocycles. The highest BCUT2D eigenvalue weighted by atomic mass is 16.5. The van der Waals surface area contributed by atoms with Gasteiger partial charge in [-0.3, -0.25) is 4.79 Å². The van der Waals surface area contributed by atoms with Gasteiger partial charge in [-0.05, 0) is 12.8 Å². The van der Waals surface area contributed by atoms with Crippen LogP contribution in [-0.2, 0) is 14.3 Å². The van der Waals surface area contributed by atoms with Gasteiger partial charge in [-0.25, -0.2) is 4.79 Å². The van der Waals surface area contributed by atoms with Crippen molar-refractivity contribution in [1.29, 1.82) is 0 Å². The zero-order valence-electron chi connectivity index (χ0n) is 8.55. The van der Waals surface area contributed by atoms with Crippen molar-refractivity contribution in [2.75, 3.05) is 20.2 Å². The summed E-state index contributed by atoms with van der Waals surface area (Å²) in [5.41, 5.74) is 0. The number of aliphatic hydroxyl groups is 2. The number of aliphatic hydroxyl groups excluding tert-OH is 2. The first kappa shape index (κ1) is 11.9. The van der Waals surface area contributed by atoms with Crippen LogP contribution in [0.1, 0.15) is 12.8 Å². The molecule has 0 aromatic carbocycles. The van der Waals surface area contributed by atoms with Crippen LogP contribution in [0.4, 0.5) is 0 Å². The molecule has 2 atom stereocenters. The van der Waals surface area contributed by atoms with Crippen LogP contribution < -0.4 is 0 Å². The van der Waals surface area contributed by atoms with Gasteiger partial charge < -0.3 is 19.8 Å². The number of likely N-dealkylation sites (tertiary alicyclic amines) is 1. The summed E-state index contributed by atoms with van der Waals surface area (Å²) < 4.78 is 4.23. The fourth-order valence-corrected chi connectivity index (χ4v) is 1.51. The molecule has 1 aliphatic heterocycles. The van der Waals surface area contributed by atoms with Crippen molar-refractivity contribution in [1.82, 2.24) is 4.90 Å². The van der Waals surface area contributed by atoms with E-state index < -0.39 is 24.1 Å². The summed E-state index contributed by atoms with van der Waals surface area (Å²) in [6.45, 7) is 1.12. The number of hydrogen-bond acceptors (Lipinski definition) is 5. The molecule has 6 nitrogen and oxygen atoms in total. The van der Waals surface area contributed by atoms with Crippen LogP contribution >= 0.6 is 0 Å². The maximum Gasteiger partial charge on any atom is 0.338 e. The summed E-state index contributed by atoms with van der Waals surface area (Å²) in [6.07, 6.45) is -1.77. The summed E-state index contributed by atoms with van der Waals surface area (Å²) >= 11 is 0. The molecule has 0 radical (unpaired) electrons. The average Bonchev–Trinajstić information content (AvgIpc) is 2.78. The van der Waals surface area contributed by atoms with E-state index in [2.05, 4.69) is 4.74 Å². The molecule has 2 N–H and O–H groups in total. The quantitative estimate of drug-likeness (QED) is 0.562. The van der Waals surface area contributed by atoms with Crippen molar-refractivity contribution in [2.45, 2.75) is 25.0 Å². The Bertz CT molecular complexity index is 249. The van der Waals surface area contributed by atoms with E-state index in [1.54, 1.807) is 0 Å². The number of rotatable bonds is 3. The molecule has 1 fully saturated rings. The Labute approximate surface area is 87.4 Å². The van der Waals surface area contributed by atoms with Crippen LogP contribution in [0, 0.1) is 0 Å². The van der Waals surface area contributed by atoms with Gasteiger partial charge in [-0.2, -0.15) is 0 Å². The third-order valence-corrected chi connectivity index (χ3v) is 2.41. The Hall–Kier alpha value is -1.14. The predicted octanol–water partition coefficient (Wildman–Crippen LogP) is -1.50. The lowest BCUT2D eigenvalue weighted by Gasteiger charge is -2.21. The molecule has 86 valence electrons. The van der Waals surface area contributed by atoms with E-state index in [1.807, 2.05) is 0 Å². The second kappa shape index (κ2) is 5.09. The SMILES string of the molecule is COC(=O)[C@@H](O)[C@@H](O)C(=O)N1CCCC1. The highest BCUT2D eigenvalue weighted by Gasteiger charge is 2.34. The molecule has 1 aliphatic rings. The van der Waals surface area contributed by atoms with Gasteiger partial charge in [-0.15, -0.1) is 0 Å². The third kappa shape index (κ3) is 2.66. The lowest BCUT2D eigenvalue weighted by molar-refractivity contribution is -0.164. The van der Waals surface area contributed by atoms with E-state index in [1.165, 1.54) is 4.90 Å². The van der Waals surface area contributed by atoms with E-state index in [-0.39, 0.29) is 0 Å². The standard InChI is InChI=1S/C9H15NO5/c1-15-9(14)7(12)6(11)8(13)10-4-2-3-5-10/h6-7,11-12H,2-5H2,1H3/t6-,7+/m1/s1. The monoisotopic (exact) mass is 217 g/mol. The molecule has 15 heavy (non-hydrogen) atoms. The van der Waals surface area contributed by atoms with E-state index in [4.69, 9.17) is 0 Å². The van der Waals surface area contributed by atoms with Gasteiger partial charge in [-0.1, -0.05) is 0 Å². The van der Waals surface area contributed by atoms with Crippen LogP contribution in [0.2, 0.25) is 0 Å². The Balaban J connectivity index is 2.54. The van der Waals surface area contributed by atoms with Crippen molar-refractivity contribution in [2.24, 2.45) is 0 Å². The molecular weight excluding hydrogens is 202 g/mol. The lowest BCUT2D eigenvalue weighted by Crippen LogP contribution is -2.47. The van der Waals surface area contributed by atoms with Gasteiger partial charge in [0.15, 0.2) is 12.2 Å². The highest BCUT2D eigenvalue weighted by molar-refractivity contribution is 5.88. The van der Waals surface area contributed by atoms with Gasteiger partial charge in [0.25, 0.3) is 5.91 Å². The zero-order valence-corrected chi connectivity index (χ0v) is 8.55. The van der Waals surface area contributed by atoms with Crippen LogP contribution in [-0.4, -0.2) is 59.4 Å². The van der Waals surface area contributed by atoms with Crippen molar-refractivity contribution < 1.29 is 24.5 Å². The van der Waals surface area contributed by atoms with Crippen LogP contribution in [0.25, 0.3) is 0 Å². The Morgan fingerprint density at radius 1 is 1.20 bits per heavy atom. The van der Waals surface area contributed by atoms with Gasteiger partial charge >= 0.3 is 5.97 Å². The topological polar surface area (TPSA) is 87.1 Å². The molecule has 1 amide bonds. The van der Waals surface area contributed by atoms with Crippen LogP contribution in [0.5, 0.6) is 0 Å². The Kier molecular flexibility index (Phi) is 4.05. The number of methoxy groups -OCH3 is 1. The first-order valence-corrected chi connectivity index (χ1v) is 4.80. The largest absolute Gasteiger partial charge is 0.467 e. The van der Waals surface area contributed by atoms with E-state index in [0.717, 1.165) is 20.0 Å². The molecule has 6 heteroatoms. The molecule has 0 unspecified atom stereocenters. The maximum atomic E-state index is 11.5. The molecule has 0 bridgehead atoms. The van der Waals surface area contributed by atoms with Crippen molar-refractivity contribution in [3.63, 3.8) is 0 Å². The van der Waals surface area contributed by atoms with Crippen LogP contribution in [0.3, 0.4) is 0 Å². The maximum absolute atomic E-state index is 11.5. The fraction of sp³-hybridized carbons (Fsp3) is 0.778. The van der Waals surface area contributed by atoms with Crippen molar-refractivity contribution in [3.05, 3.63) is 0 Å².